The number of benzene rings is 3. The first-order valence-electron chi connectivity index (χ1n) is 9.86. The Morgan fingerprint density at radius 2 is 1.76 bits per heavy atom. The monoisotopic (exact) mass is 448 g/mol. The molecule has 0 aliphatic heterocycles. The molecule has 166 valence electrons. The lowest BCUT2D eigenvalue weighted by Gasteiger charge is -2.10. The maximum Gasteiger partial charge on any atom is 0.336 e. The highest BCUT2D eigenvalue weighted by Gasteiger charge is 2.12. The molecule has 0 aliphatic carbocycles. The van der Waals surface area contributed by atoms with Gasteiger partial charge in [-0.15, -0.1) is 0 Å². The van der Waals surface area contributed by atoms with Gasteiger partial charge in [-0.2, -0.15) is 0 Å². The lowest BCUT2D eigenvalue weighted by atomic mass is 10.0. The van der Waals surface area contributed by atoms with Crippen LogP contribution in [0.3, 0.4) is 0 Å². The number of halogens is 1. The van der Waals surface area contributed by atoms with Crippen molar-refractivity contribution in [3.8, 4) is 16.9 Å². The number of hydrogen-bond acceptors (Lipinski definition) is 6. The Balaban J connectivity index is 1.47. The van der Waals surface area contributed by atoms with Crippen molar-refractivity contribution in [1.82, 2.24) is 5.32 Å². The summed E-state index contributed by atoms with van der Waals surface area (Å²) in [6.07, 6.45) is 0. The van der Waals surface area contributed by atoms with Gasteiger partial charge in [0, 0.05) is 36.2 Å². The van der Waals surface area contributed by atoms with Crippen molar-refractivity contribution in [1.29, 1.82) is 0 Å². The van der Waals surface area contributed by atoms with E-state index in [0.29, 0.717) is 22.3 Å². The largest absolute Gasteiger partial charge is 0.484 e. The van der Waals surface area contributed by atoms with Gasteiger partial charge in [-0.25, -0.2) is 9.18 Å². The van der Waals surface area contributed by atoms with Gasteiger partial charge in [0.05, 0.1) is 4.92 Å². The lowest BCUT2D eigenvalue weighted by Crippen LogP contribution is -2.28. The fraction of sp³-hybridized carbons (Fsp3) is 0.0833. The molecule has 1 amide bonds. The number of nitro groups is 1. The third-order valence-corrected chi connectivity index (χ3v) is 4.88. The van der Waals surface area contributed by atoms with E-state index in [1.807, 2.05) is 0 Å². The van der Waals surface area contributed by atoms with Crippen molar-refractivity contribution in [3.63, 3.8) is 0 Å². The minimum absolute atomic E-state index is 0.0561. The van der Waals surface area contributed by atoms with Crippen LogP contribution in [-0.2, 0) is 11.3 Å². The van der Waals surface area contributed by atoms with Gasteiger partial charge in [-0.05, 0) is 53.1 Å². The molecule has 0 unspecified atom stereocenters. The number of carbonyl (C=O) groups excluding carboxylic acids is 1. The Morgan fingerprint density at radius 3 is 2.45 bits per heavy atom. The maximum absolute atomic E-state index is 12.9. The third kappa shape index (κ3) is 5.21. The van der Waals surface area contributed by atoms with E-state index in [1.165, 1.54) is 36.4 Å². The van der Waals surface area contributed by atoms with Gasteiger partial charge in [0.25, 0.3) is 11.6 Å². The number of amides is 1. The van der Waals surface area contributed by atoms with Crippen LogP contribution in [0.5, 0.6) is 5.75 Å². The summed E-state index contributed by atoms with van der Waals surface area (Å²) in [7, 11) is 0. The molecule has 3 aromatic carbocycles. The predicted octanol–water partition coefficient (Wildman–Crippen LogP) is 4.20. The molecule has 1 N–H and O–H groups in total. The first kappa shape index (κ1) is 21.7. The maximum atomic E-state index is 12.9. The Labute approximate surface area is 186 Å². The average molecular weight is 448 g/mol. The number of fused-ring (bicyclic) bond motifs is 1. The summed E-state index contributed by atoms with van der Waals surface area (Å²) in [6.45, 7) is -0.0351. The second kappa shape index (κ2) is 9.31. The third-order valence-electron chi connectivity index (χ3n) is 4.88. The van der Waals surface area contributed by atoms with Crippen LogP contribution in [0.4, 0.5) is 10.1 Å². The number of non-ortho nitro benzene ring substituents is 1. The molecule has 0 radical (unpaired) electrons. The van der Waals surface area contributed by atoms with E-state index in [-0.39, 0.29) is 36.1 Å². The molecule has 0 bridgehead atoms. The first-order chi connectivity index (χ1) is 15.9. The number of rotatable bonds is 7. The van der Waals surface area contributed by atoms with Crippen LogP contribution >= 0.6 is 0 Å². The van der Waals surface area contributed by atoms with Gasteiger partial charge in [0.15, 0.2) is 6.61 Å². The van der Waals surface area contributed by atoms with Crippen LogP contribution in [0.25, 0.3) is 22.1 Å². The van der Waals surface area contributed by atoms with Crippen molar-refractivity contribution in [2.75, 3.05) is 6.61 Å². The van der Waals surface area contributed by atoms with Crippen LogP contribution in [0.1, 0.15) is 5.56 Å². The van der Waals surface area contributed by atoms with Crippen LogP contribution in [0.15, 0.2) is 82.0 Å². The van der Waals surface area contributed by atoms with E-state index in [1.54, 1.807) is 36.4 Å². The molecule has 0 fully saturated rings. The Morgan fingerprint density at radius 1 is 1.03 bits per heavy atom. The van der Waals surface area contributed by atoms with E-state index in [2.05, 4.69) is 5.32 Å². The van der Waals surface area contributed by atoms with Crippen molar-refractivity contribution in [3.05, 3.63) is 105 Å². The highest BCUT2D eigenvalue weighted by Crippen LogP contribution is 2.30. The summed E-state index contributed by atoms with van der Waals surface area (Å²) >= 11 is 0. The fourth-order valence-corrected chi connectivity index (χ4v) is 3.24. The molecule has 1 aromatic heterocycles. The number of ether oxygens (including phenoxy) is 1. The molecule has 0 spiro atoms. The average Bonchev–Trinajstić information content (AvgIpc) is 2.81. The van der Waals surface area contributed by atoms with Crippen LogP contribution in [0.2, 0.25) is 0 Å². The fourth-order valence-electron chi connectivity index (χ4n) is 3.24. The molecule has 4 aromatic rings. The molecule has 1 heterocycles. The molecule has 0 saturated heterocycles. The number of carbonyl (C=O) groups is 1. The Hall–Kier alpha value is -4.53. The molecular weight excluding hydrogens is 431 g/mol. The number of hydrogen-bond donors (Lipinski definition) is 1. The molecule has 0 atom stereocenters. The highest BCUT2D eigenvalue weighted by atomic mass is 19.1. The van der Waals surface area contributed by atoms with Crippen LogP contribution in [-0.4, -0.2) is 17.4 Å². The van der Waals surface area contributed by atoms with Gasteiger partial charge >= 0.3 is 5.63 Å². The minimum Gasteiger partial charge on any atom is -0.484 e. The molecule has 0 aliphatic rings. The van der Waals surface area contributed by atoms with Gasteiger partial charge in [0.1, 0.15) is 17.1 Å². The van der Waals surface area contributed by atoms with Gasteiger partial charge < -0.3 is 14.5 Å². The van der Waals surface area contributed by atoms with E-state index in [4.69, 9.17) is 9.15 Å². The minimum atomic E-state index is -0.593. The normalized spacial score (nSPS) is 10.7. The number of nitrogens with zero attached hydrogens (tertiary/aromatic N) is 1. The van der Waals surface area contributed by atoms with Gasteiger partial charge in [-0.3, -0.25) is 14.9 Å². The Kier molecular flexibility index (Phi) is 6.12. The smallest absolute Gasteiger partial charge is 0.336 e. The number of nitro benzene ring substituents is 1. The van der Waals surface area contributed by atoms with E-state index >= 15 is 0 Å². The van der Waals surface area contributed by atoms with E-state index in [9.17, 15) is 24.1 Å². The SMILES string of the molecule is O=C(COc1ccc2c(-c3ccc([N+](=O)[O-])cc3)cc(=O)oc2c1)NCc1ccc(F)cc1. The summed E-state index contributed by atoms with van der Waals surface area (Å²) in [5.74, 6) is -0.406. The molecule has 8 nitrogen and oxygen atoms in total. The zero-order valence-corrected chi connectivity index (χ0v) is 17.1. The summed E-state index contributed by atoms with van der Waals surface area (Å²) in [6, 6.07) is 17.7. The van der Waals surface area contributed by atoms with Gasteiger partial charge in [-0.1, -0.05) is 12.1 Å². The Bertz CT molecular complexity index is 1380. The zero-order chi connectivity index (χ0) is 23.4. The summed E-state index contributed by atoms with van der Waals surface area (Å²) in [4.78, 5) is 34.5. The van der Waals surface area contributed by atoms with Crippen molar-refractivity contribution in [2.45, 2.75) is 6.54 Å². The molecule has 4 rings (SSSR count). The summed E-state index contributed by atoms with van der Waals surface area (Å²) in [5.41, 5.74) is 1.52. The molecular formula is C24H17FN2O6. The van der Waals surface area contributed by atoms with Crippen molar-refractivity contribution >= 4 is 22.6 Å². The van der Waals surface area contributed by atoms with Crippen LogP contribution < -0.4 is 15.7 Å². The highest BCUT2D eigenvalue weighted by molar-refractivity contribution is 5.94. The standard InChI is InChI=1S/C24H17FN2O6/c25-17-5-1-15(2-6-17)13-26-23(28)14-32-19-9-10-20-21(12-24(29)33-22(20)11-19)16-3-7-18(8-4-16)27(30)31/h1-12H,13-14H2,(H,26,28). The predicted molar refractivity (Wildman–Crippen MR) is 118 cm³/mol. The summed E-state index contributed by atoms with van der Waals surface area (Å²) in [5, 5.41) is 14.2. The van der Waals surface area contributed by atoms with Crippen molar-refractivity contribution < 1.29 is 23.3 Å². The molecule has 33 heavy (non-hydrogen) atoms. The topological polar surface area (TPSA) is 112 Å². The van der Waals surface area contributed by atoms with Gasteiger partial charge in [0.2, 0.25) is 0 Å². The first-order valence-corrected chi connectivity index (χ1v) is 9.86. The molecule has 9 heteroatoms. The van der Waals surface area contributed by atoms with Crippen LogP contribution in [0, 0.1) is 15.9 Å². The zero-order valence-electron chi connectivity index (χ0n) is 17.1. The second-order valence-corrected chi connectivity index (χ2v) is 7.13. The van der Waals surface area contributed by atoms with E-state index < -0.39 is 10.5 Å². The second-order valence-electron chi connectivity index (χ2n) is 7.13. The quantitative estimate of drug-likeness (QED) is 0.258. The lowest BCUT2D eigenvalue weighted by molar-refractivity contribution is -0.384. The summed E-state index contributed by atoms with van der Waals surface area (Å²) < 4.78 is 23.7. The van der Waals surface area contributed by atoms with E-state index in [0.717, 1.165) is 5.56 Å². The molecule has 0 saturated carbocycles. The van der Waals surface area contributed by atoms with Crippen molar-refractivity contribution in [2.24, 2.45) is 0 Å². The number of nitrogens with one attached hydrogen (secondary N) is 1.